The molecular weight excluding hydrogens is 306 g/mol. The van der Waals surface area contributed by atoms with E-state index < -0.39 is 0 Å². The molecule has 5 nitrogen and oxygen atoms in total. The molecule has 0 bridgehead atoms. The average molecular weight is 324 g/mol. The molecule has 0 aromatic carbocycles. The topological polar surface area (TPSA) is 68.8 Å². The number of aryl methyl sites for hydroxylation is 2. The lowest BCUT2D eigenvalue weighted by atomic mass is 10.0. The Balaban J connectivity index is 2.29. The van der Waals surface area contributed by atoms with Crippen molar-refractivity contribution in [3.63, 3.8) is 0 Å². The number of hydrogen-bond donors (Lipinski definition) is 2. The lowest BCUT2D eigenvalue weighted by Crippen LogP contribution is -2.30. The van der Waals surface area contributed by atoms with Crippen molar-refractivity contribution < 1.29 is 0 Å². The summed E-state index contributed by atoms with van der Waals surface area (Å²) < 4.78 is 3.05. The van der Waals surface area contributed by atoms with Crippen molar-refractivity contribution >= 4 is 15.9 Å². The van der Waals surface area contributed by atoms with Crippen molar-refractivity contribution in [2.75, 3.05) is 0 Å². The van der Waals surface area contributed by atoms with Crippen LogP contribution in [-0.4, -0.2) is 14.8 Å². The SMILES string of the molecule is CCn1nc(C)c(Br)c1CC(NN)c1cccnc1. The van der Waals surface area contributed by atoms with Gasteiger partial charge in [0.2, 0.25) is 0 Å². The molecule has 1 atom stereocenters. The molecule has 1 unspecified atom stereocenters. The second-order valence-corrected chi connectivity index (χ2v) is 5.16. The van der Waals surface area contributed by atoms with Gasteiger partial charge in [0, 0.05) is 25.4 Å². The van der Waals surface area contributed by atoms with Gasteiger partial charge in [0.1, 0.15) is 0 Å². The first-order chi connectivity index (χ1) is 9.17. The number of halogens is 1. The van der Waals surface area contributed by atoms with Crippen LogP contribution in [0.25, 0.3) is 0 Å². The number of pyridine rings is 1. The highest BCUT2D eigenvalue weighted by Crippen LogP contribution is 2.26. The first-order valence-corrected chi connectivity index (χ1v) is 7.04. The van der Waals surface area contributed by atoms with Gasteiger partial charge in [-0.05, 0) is 41.4 Å². The van der Waals surface area contributed by atoms with Crippen LogP contribution in [0.15, 0.2) is 29.0 Å². The van der Waals surface area contributed by atoms with Crippen LogP contribution in [0.3, 0.4) is 0 Å². The van der Waals surface area contributed by atoms with Crippen molar-refractivity contribution in [1.29, 1.82) is 0 Å². The van der Waals surface area contributed by atoms with Gasteiger partial charge >= 0.3 is 0 Å². The van der Waals surface area contributed by atoms with Crippen molar-refractivity contribution in [1.82, 2.24) is 20.2 Å². The molecular formula is C13H18BrN5. The first-order valence-electron chi connectivity index (χ1n) is 6.25. The van der Waals surface area contributed by atoms with Crippen LogP contribution < -0.4 is 11.3 Å². The van der Waals surface area contributed by atoms with Gasteiger partial charge in [-0.3, -0.25) is 20.9 Å². The quantitative estimate of drug-likeness (QED) is 0.653. The molecule has 0 aliphatic carbocycles. The Hall–Kier alpha value is -1.24. The molecule has 0 aliphatic heterocycles. The summed E-state index contributed by atoms with van der Waals surface area (Å²) in [6, 6.07) is 3.95. The van der Waals surface area contributed by atoms with Gasteiger partial charge in [-0.1, -0.05) is 6.07 Å². The highest BCUT2D eigenvalue weighted by molar-refractivity contribution is 9.10. The normalized spacial score (nSPS) is 12.6. The number of nitrogens with zero attached hydrogens (tertiary/aromatic N) is 3. The van der Waals surface area contributed by atoms with Crippen molar-refractivity contribution in [2.24, 2.45) is 5.84 Å². The van der Waals surface area contributed by atoms with Crippen molar-refractivity contribution in [2.45, 2.75) is 32.9 Å². The Kier molecular flexibility index (Phi) is 4.68. The Labute approximate surface area is 121 Å². The summed E-state index contributed by atoms with van der Waals surface area (Å²) in [5, 5.41) is 4.50. The van der Waals surface area contributed by atoms with E-state index in [0.717, 1.165) is 34.4 Å². The third-order valence-corrected chi connectivity index (χ3v) is 4.17. The van der Waals surface area contributed by atoms with E-state index in [1.807, 2.05) is 29.9 Å². The predicted molar refractivity (Wildman–Crippen MR) is 78.3 cm³/mol. The molecule has 19 heavy (non-hydrogen) atoms. The van der Waals surface area contributed by atoms with Gasteiger partial charge in [-0.25, -0.2) is 0 Å². The van der Waals surface area contributed by atoms with Gasteiger partial charge < -0.3 is 0 Å². The van der Waals surface area contributed by atoms with Crippen molar-refractivity contribution in [3.8, 4) is 0 Å². The van der Waals surface area contributed by atoms with Gasteiger partial charge in [0.25, 0.3) is 0 Å². The molecule has 2 aromatic heterocycles. The highest BCUT2D eigenvalue weighted by atomic mass is 79.9. The standard InChI is InChI=1S/C13H18BrN5/c1-3-19-12(13(14)9(2)18-19)7-11(17-15)10-5-4-6-16-8-10/h4-6,8,11,17H,3,7,15H2,1-2H3. The van der Waals surface area contributed by atoms with Crippen LogP contribution in [0.2, 0.25) is 0 Å². The number of rotatable bonds is 5. The van der Waals surface area contributed by atoms with E-state index in [9.17, 15) is 0 Å². The van der Waals surface area contributed by atoms with Crippen LogP contribution in [0, 0.1) is 6.92 Å². The summed E-state index contributed by atoms with van der Waals surface area (Å²) in [5.41, 5.74) is 6.06. The summed E-state index contributed by atoms with van der Waals surface area (Å²) in [6.45, 7) is 4.91. The second kappa shape index (κ2) is 6.27. The molecule has 102 valence electrons. The zero-order chi connectivity index (χ0) is 13.8. The maximum atomic E-state index is 5.68. The van der Waals surface area contributed by atoms with Crippen molar-refractivity contribution in [3.05, 3.63) is 46.0 Å². The summed E-state index contributed by atoms with van der Waals surface area (Å²) >= 11 is 3.60. The zero-order valence-corrected chi connectivity index (χ0v) is 12.7. The minimum Gasteiger partial charge on any atom is -0.271 e. The van der Waals surface area contributed by atoms with Crippen LogP contribution in [0.5, 0.6) is 0 Å². The smallest absolute Gasteiger partial charge is 0.0738 e. The summed E-state index contributed by atoms with van der Waals surface area (Å²) in [7, 11) is 0. The maximum Gasteiger partial charge on any atom is 0.0738 e. The maximum absolute atomic E-state index is 5.68. The fraction of sp³-hybridized carbons (Fsp3) is 0.385. The summed E-state index contributed by atoms with van der Waals surface area (Å²) in [4.78, 5) is 4.14. The lowest BCUT2D eigenvalue weighted by molar-refractivity contribution is 0.515. The number of hydrazine groups is 1. The minimum atomic E-state index is 0.0198. The molecule has 6 heteroatoms. The Morgan fingerprint density at radius 1 is 1.53 bits per heavy atom. The highest BCUT2D eigenvalue weighted by Gasteiger charge is 2.18. The second-order valence-electron chi connectivity index (χ2n) is 4.37. The Morgan fingerprint density at radius 3 is 2.89 bits per heavy atom. The number of aromatic nitrogens is 3. The average Bonchev–Trinajstić information content (AvgIpc) is 2.72. The third kappa shape index (κ3) is 3.02. The number of nitrogens with one attached hydrogen (secondary N) is 1. The fourth-order valence-corrected chi connectivity index (χ4v) is 2.56. The Morgan fingerprint density at radius 2 is 2.32 bits per heavy atom. The lowest BCUT2D eigenvalue weighted by Gasteiger charge is -2.16. The van der Waals surface area contributed by atoms with E-state index in [4.69, 9.17) is 5.84 Å². The monoisotopic (exact) mass is 323 g/mol. The van der Waals surface area contributed by atoms with Crippen LogP contribution in [0.1, 0.15) is 29.9 Å². The predicted octanol–water partition coefficient (Wildman–Crippen LogP) is 2.12. The van der Waals surface area contributed by atoms with Crippen LogP contribution >= 0.6 is 15.9 Å². The van der Waals surface area contributed by atoms with Crippen LogP contribution in [-0.2, 0) is 13.0 Å². The molecule has 3 N–H and O–H groups in total. The molecule has 0 amide bonds. The third-order valence-electron chi connectivity index (χ3n) is 3.14. The number of nitrogens with two attached hydrogens (primary N) is 1. The molecule has 2 aromatic rings. The molecule has 0 aliphatic rings. The summed E-state index contributed by atoms with van der Waals surface area (Å²) in [6.07, 6.45) is 4.35. The van der Waals surface area contributed by atoms with E-state index in [1.54, 1.807) is 6.20 Å². The van der Waals surface area contributed by atoms with E-state index in [-0.39, 0.29) is 6.04 Å². The van der Waals surface area contributed by atoms with E-state index in [1.165, 1.54) is 0 Å². The van der Waals surface area contributed by atoms with E-state index >= 15 is 0 Å². The molecule has 0 saturated heterocycles. The minimum absolute atomic E-state index is 0.0198. The van der Waals surface area contributed by atoms with E-state index in [0.29, 0.717) is 0 Å². The molecule has 2 heterocycles. The first kappa shape index (κ1) is 14.2. The largest absolute Gasteiger partial charge is 0.271 e. The molecule has 0 spiro atoms. The van der Waals surface area contributed by atoms with Gasteiger partial charge in [0.05, 0.1) is 21.9 Å². The van der Waals surface area contributed by atoms with Crippen LogP contribution in [0.4, 0.5) is 0 Å². The molecule has 0 saturated carbocycles. The fourth-order valence-electron chi connectivity index (χ4n) is 2.11. The zero-order valence-electron chi connectivity index (χ0n) is 11.1. The van der Waals surface area contributed by atoms with Gasteiger partial charge in [0.15, 0.2) is 0 Å². The number of hydrogen-bond acceptors (Lipinski definition) is 4. The van der Waals surface area contributed by atoms with Gasteiger partial charge in [-0.2, -0.15) is 5.10 Å². The van der Waals surface area contributed by atoms with Gasteiger partial charge in [-0.15, -0.1) is 0 Å². The molecule has 0 fully saturated rings. The molecule has 0 radical (unpaired) electrons. The molecule has 2 rings (SSSR count). The Bertz CT molecular complexity index is 537. The van der Waals surface area contributed by atoms with E-state index in [2.05, 4.69) is 38.4 Å². The summed E-state index contributed by atoms with van der Waals surface area (Å²) in [5.74, 6) is 5.68.